The van der Waals surface area contributed by atoms with E-state index < -0.39 is 24.0 Å². The normalized spacial score (nSPS) is 15.4. The molecule has 2 N–H and O–H groups in total. The zero-order valence-electron chi connectivity index (χ0n) is 18.6. The fourth-order valence-corrected chi connectivity index (χ4v) is 3.52. The molecule has 0 radical (unpaired) electrons. The summed E-state index contributed by atoms with van der Waals surface area (Å²) in [4.78, 5) is 41.5. The van der Waals surface area contributed by atoms with Gasteiger partial charge in [-0.1, -0.05) is 48.5 Å². The van der Waals surface area contributed by atoms with Crippen molar-refractivity contribution in [1.82, 2.24) is 25.4 Å². The van der Waals surface area contributed by atoms with Crippen molar-refractivity contribution in [2.75, 3.05) is 13.2 Å². The minimum absolute atomic E-state index is 0.147. The molecule has 4 rings (SSSR count). The van der Waals surface area contributed by atoms with Crippen LogP contribution in [0.5, 0.6) is 0 Å². The van der Waals surface area contributed by atoms with Gasteiger partial charge >= 0.3 is 18.0 Å². The lowest BCUT2D eigenvalue weighted by Crippen LogP contribution is -2.50. The summed E-state index contributed by atoms with van der Waals surface area (Å²) in [5.41, 5.74) is 1.82. The van der Waals surface area contributed by atoms with Crippen molar-refractivity contribution >= 4 is 18.0 Å². The molecule has 1 aliphatic heterocycles. The highest BCUT2D eigenvalue weighted by molar-refractivity contribution is 5.95. The van der Waals surface area contributed by atoms with E-state index in [9.17, 15) is 14.4 Å². The molecule has 1 unspecified atom stereocenters. The molecule has 0 saturated carbocycles. The molecule has 10 heteroatoms. The van der Waals surface area contributed by atoms with Crippen molar-refractivity contribution in [3.8, 4) is 17.1 Å². The average molecular weight is 461 g/mol. The summed E-state index contributed by atoms with van der Waals surface area (Å²) in [6.45, 7) is 3.13. The Morgan fingerprint density at radius 3 is 2.35 bits per heavy atom. The summed E-state index contributed by atoms with van der Waals surface area (Å²) in [5.74, 6) is -1.10. The van der Waals surface area contributed by atoms with Crippen molar-refractivity contribution < 1.29 is 23.9 Å². The Kier molecular flexibility index (Phi) is 6.67. The molecule has 1 aliphatic rings. The van der Waals surface area contributed by atoms with Crippen LogP contribution in [-0.4, -0.2) is 52.0 Å². The Morgan fingerprint density at radius 2 is 1.68 bits per heavy atom. The van der Waals surface area contributed by atoms with Gasteiger partial charge in [0.25, 0.3) is 5.82 Å². The third-order valence-electron chi connectivity index (χ3n) is 5.04. The van der Waals surface area contributed by atoms with E-state index in [4.69, 9.17) is 9.47 Å². The number of benzene rings is 2. The monoisotopic (exact) mass is 461 g/mol. The number of carbonyl (C=O) groups is 3. The van der Waals surface area contributed by atoms with E-state index >= 15 is 0 Å². The summed E-state index contributed by atoms with van der Waals surface area (Å²) in [6, 6.07) is 17.5. The molecule has 0 fully saturated rings. The third kappa shape index (κ3) is 4.80. The Hall–Kier alpha value is -4.47. The van der Waals surface area contributed by atoms with E-state index in [1.54, 1.807) is 18.5 Å². The second-order valence-electron chi connectivity index (χ2n) is 7.38. The van der Waals surface area contributed by atoms with Crippen LogP contribution < -0.4 is 10.6 Å². The Balaban J connectivity index is 1.62. The van der Waals surface area contributed by atoms with Crippen molar-refractivity contribution in [3.63, 3.8) is 0 Å². The van der Waals surface area contributed by atoms with Gasteiger partial charge in [-0.3, -0.25) is 0 Å². The number of rotatable bonds is 7. The number of nitrogens with zero attached hydrogens (tertiary/aromatic N) is 3. The highest BCUT2D eigenvalue weighted by Crippen LogP contribution is 2.21. The van der Waals surface area contributed by atoms with Gasteiger partial charge in [-0.25, -0.2) is 24.0 Å². The summed E-state index contributed by atoms with van der Waals surface area (Å²) in [6.07, 6.45) is 0. The number of carbonyl (C=O) groups excluding carboxylic acids is 3. The Morgan fingerprint density at radius 1 is 1.00 bits per heavy atom. The number of esters is 2. The van der Waals surface area contributed by atoms with E-state index in [2.05, 4.69) is 20.7 Å². The van der Waals surface area contributed by atoms with Crippen LogP contribution in [0.4, 0.5) is 4.79 Å². The van der Waals surface area contributed by atoms with Gasteiger partial charge < -0.3 is 20.1 Å². The van der Waals surface area contributed by atoms with Crippen molar-refractivity contribution in [2.24, 2.45) is 0 Å². The highest BCUT2D eigenvalue weighted by Gasteiger charge is 2.31. The Labute approximate surface area is 195 Å². The molecule has 2 aromatic carbocycles. The number of nitrogens with one attached hydrogen (secondary N) is 2. The van der Waals surface area contributed by atoms with Gasteiger partial charge in [-0.2, -0.15) is 0 Å². The van der Waals surface area contributed by atoms with E-state index in [1.165, 1.54) is 0 Å². The molecule has 0 spiro atoms. The number of ether oxygens (including phenoxy) is 2. The SMILES string of the molecule is CCOC(=O)C1=C(COC(=O)c2nc(-c3ccccc3)n(-c3ccccc3)n2)NC(=O)NC1C. The second kappa shape index (κ2) is 9.99. The number of para-hydroxylation sites is 1. The lowest BCUT2D eigenvalue weighted by Gasteiger charge is -2.26. The summed E-state index contributed by atoms with van der Waals surface area (Å²) >= 11 is 0. The van der Waals surface area contributed by atoms with Crippen LogP contribution in [0.25, 0.3) is 17.1 Å². The maximum atomic E-state index is 12.9. The number of hydrogen-bond acceptors (Lipinski definition) is 7. The van der Waals surface area contributed by atoms with Crippen LogP contribution in [0, 0.1) is 0 Å². The highest BCUT2D eigenvalue weighted by atomic mass is 16.5. The predicted octanol–water partition coefficient (Wildman–Crippen LogP) is 2.61. The first-order valence-electron chi connectivity index (χ1n) is 10.7. The lowest BCUT2D eigenvalue weighted by molar-refractivity contribution is -0.139. The van der Waals surface area contributed by atoms with Gasteiger partial charge in [-0.15, -0.1) is 5.10 Å². The van der Waals surface area contributed by atoms with Gasteiger partial charge in [0.1, 0.15) is 6.61 Å². The van der Waals surface area contributed by atoms with Crippen LogP contribution in [0.15, 0.2) is 71.9 Å². The summed E-state index contributed by atoms with van der Waals surface area (Å²) in [5, 5.41) is 9.46. The number of urea groups is 1. The molecule has 2 amide bonds. The number of hydrogen-bond donors (Lipinski definition) is 2. The molecule has 0 aliphatic carbocycles. The molecule has 2 heterocycles. The zero-order valence-corrected chi connectivity index (χ0v) is 18.6. The largest absolute Gasteiger partial charge is 0.463 e. The quantitative estimate of drug-likeness (QED) is 0.518. The van der Waals surface area contributed by atoms with Gasteiger partial charge in [0.05, 0.1) is 29.6 Å². The van der Waals surface area contributed by atoms with Crippen molar-refractivity contribution in [3.05, 3.63) is 77.8 Å². The second-order valence-corrected chi connectivity index (χ2v) is 7.38. The first kappa shape index (κ1) is 22.7. The molecule has 0 bridgehead atoms. The smallest absolute Gasteiger partial charge is 0.378 e. The summed E-state index contributed by atoms with van der Waals surface area (Å²) < 4.78 is 12.0. The minimum atomic E-state index is -0.803. The fraction of sp³-hybridized carbons (Fsp3) is 0.208. The van der Waals surface area contributed by atoms with Gasteiger partial charge in [0, 0.05) is 5.56 Å². The molecule has 1 aromatic heterocycles. The molecule has 174 valence electrons. The predicted molar refractivity (Wildman–Crippen MR) is 122 cm³/mol. The van der Waals surface area contributed by atoms with E-state index in [0.717, 1.165) is 11.3 Å². The molecule has 1 atom stereocenters. The fourth-order valence-electron chi connectivity index (χ4n) is 3.52. The molecule has 34 heavy (non-hydrogen) atoms. The molecule has 10 nitrogen and oxygen atoms in total. The van der Waals surface area contributed by atoms with Crippen LogP contribution >= 0.6 is 0 Å². The van der Waals surface area contributed by atoms with Crippen molar-refractivity contribution in [2.45, 2.75) is 19.9 Å². The van der Waals surface area contributed by atoms with E-state index in [-0.39, 0.29) is 30.3 Å². The van der Waals surface area contributed by atoms with Gasteiger partial charge in [0.2, 0.25) is 0 Å². The van der Waals surface area contributed by atoms with Crippen molar-refractivity contribution in [1.29, 1.82) is 0 Å². The molecular weight excluding hydrogens is 438 g/mol. The van der Waals surface area contributed by atoms with Crippen LogP contribution in [0.1, 0.15) is 24.5 Å². The van der Waals surface area contributed by atoms with Crippen LogP contribution in [-0.2, 0) is 14.3 Å². The van der Waals surface area contributed by atoms with Gasteiger partial charge in [-0.05, 0) is 26.0 Å². The minimum Gasteiger partial charge on any atom is -0.463 e. The molecule has 0 saturated heterocycles. The maximum Gasteiger partial charge on any atom is 0.378 e. The first-order chi connectivity index (χ1) is 16.5. The topological polar surface area (TPSA) is 124 Å². The van der Waals surface area contributed by atoms with E-state index in [0.29, 0.717) is 5.82 Å². The van der Waals surface area contributed by atoms with E-state index in [1.807, 2.05) is 60.7 Å². The maximum absolute atomic E-state index is 12.9. The standard InChI is InChI=1S/C24H23N5O5/c1-3-33-22(30)19-15(2)25-24(32)26-18(19)14-34-23(31)20-27-21(16-10-6-4-7-11-16)29(28-20)17-12-8-5-9-13-17/h4-13,15H,3,14H2,1-2H3,(H2,25,26,32). The molecular formula is C24H23N5O5. The zero-order chi connectivity index (χ0) is 24.1. The molecule has 3 aromatic rings. The first-order valence-corrected chi connectivity index (χ1v) is 10.7. The number of aromatic nitrogens is 3. The van der Waals surface area contributed by atoms with Crippen LogP contribution in [0.3, 0.4) is 0 Å². The number of amides is 2. The van der Waals surface area contributed by atoms with Gasteiger partial charge in [0.15, 0.2) is 5.82 Å². The average Bonchev–Trinajstić information content (AvgIpc) is 3.29. The lowest BCUT2D eigenvalue weighted by atomic mass is 10.0. The third-order valence-corrected chi connectivity index (χ3v) is 5.04. The Bertz CT molecular complexity index is 1180. The summed E-state index contributed by atoms with van der Waals surface area (Å²) in [7, 11) is 0. The van der Waals surface area contributed by atoms with Crippen LogP contribution in [0.2, 0.25) is 0 Å².